The normalized spacial score (nSPS) is 12.3. The smallest absolute Gasteiger partial charge is 0.337 e. The third kappa shape index (κ3) is 6.44. The van der Waals surface area contributed by atoms with Crippen molar-refractivity contribution in [2.75, 3.05) is 26.9 Å². The summed E-state index contributed by atoms with van der Waals surface area (Å²) in [7, 11) is 1.36. The van der Waals surface area contributed by atoms with E-state index in [1.54, 1.807) is 25.1 Å². The molecule has 0 aromatic heterocycles. The molecule has 0 N–H and O–H groups in total. The van der Waals surface area contributed by atoms with E-state index in [-0.39, 0.29) is 11.9 Å². The van der Waals surface area contributed by atoms with Crippen LogP contribution in [0.1, 0.15) is 39.5 Å². The number of ether oxygens (including phenoxy) is 5. The molecular formula is C29H28O7. The Kier molecular flexibility index (Phi) is 8.24. The predicted octanol–water partition coefficient (Wildman–Crippen LogP) is 4.99. The van der Waals surface area contributed by atoms with Gasteiger partial charge in [-0.3, -0.25) is 0 Å². The van der Waals surface area contributed by atoms with Gasteiger partial charge in [-0.25, -0.2) is 9.59 Å². The van der Waals surface area contributed by atoms with Crippen molar-refractivity contribution in [2.45, 2.75) is 20.0 Å². The van der Waals surface area contributed by atoms with E-state index in [4.69, 9.17) is 23.7 Å². The SMILES string of the molecule is CCOC(=O)/C=C/c1ccc(Cc2cc3c(cc2OCc2ccc(C(=O)OC)cc2)OCCO3)cc1. The first kappa shape index (κ1) is 24.9. The molecule has 0 aliphatic carbocycles. The van der Waals surface area contributed by atoms with E-state index in [0.29, 0.717) is 55.7 Å². The summed E-state index contributed by atoms with van der Waals surface area (Å²) in [5.41, 5.74) is 4.34. The highest BCUT2D eigenvalue weighted by Crippen LogP contribution is 2.38. The maximum absolute atomic E-state index is 11.7. The third-order valence-electron chi connectivity index (χ3n) is 5.57. The lowest BCUT2D eigenvalue weighted by molar-refractivity contribution is -0.137. The summed E-state index contributed by atoms with van der Waals surface area (Å²) in [6.45, 7) is 3.44. The molecule has 0 saturated heterocycles. The number of methoxy groups -OCH3 is 1. The molecule has 3 aromatic rings. The van der Waals surface area contributed by atoms with Gasteiger partial charge in [-0.2, -0.15) is 0 Å². The van der Waals surface area contributed by atoms with E-state index in [2.05, 4.69) is 0 Å². The van der Waals surface area contributed by atoms with Crippen LogP contribution in [0.3, 0.4) is 0 Å². The Morgan fingerprint density at radius 3 is 2.25 bits per heavy atom. The summed E-state index contributed by atoms with van der Waals surface area (Å²) in [5, 5.41) is 0. The second-order valence-electron chi connectivity index (χ2n) is 8.08. The van der Waals surface area contributed by atoms with E-state index in [9.17, 15) is 9.59 Å². The molecule has 4 rings (SSSR count). The Balaban J connectivity index is 1.50. The van der Waals surface area contributed by atoms with Gasteiger partial charge in [0.05, 0.1) is 19.3 Å². The lowest BCUT2D eigenvalue weighted by atomic mass is 10.0. The largest absolute Gasteiger partial charge is 0.488 e. The minimum Gasteiger partial charge on any atom is -0.488 e. The van der Waals surface area contributed by atoms with Gasteiger partial charge in [0.15, 0.2) is 11.5 Å². The summed E-state index contributed by atoms with van der Waals surface area (Å²) in [6.07, 6.45) is 3.77. The maximum atomic E-state index is 11.7. The number of rotatable bonds is 9. The molecule has 0 bridgehead atoms. The number of hydrogen-bond acceptors (Lipinski definition) is 7. The van der Waals surface area contributed by atoms with Crippen molar-refractivity contribution in [1.82, 2.24) is 0 Å². The number of esters is 2. The zero-order valence-corrected chi connectivity index (χ0v) is 20.3. The fourth-order valence-corrected chi connectivity index (χ4v) is 3.72. The molecule has 0 saturated carbocycles. The van der Waals surface area contributed by atoms with Crippen LogP contribution in [0.25, 0.3) is 6.08 Å². The van der Waals surface area contributed by atoms with Crippen LogP contribution in [0.2, 0.25) is 0 Å². The molecular weight excluding hydrogens is 460 g/mol. The van der Waals surface area contributed by atoms with Crippen molar-refractivity contribution in [1.29, 1.82) is 0 Å². The molecule has 0 amide bonds. The summed E-state index contributed by atoms with van der Waals surface area (Å²) < 4.78 is 27.4. The van der Waals surface area contributed by atoms with Crippen molar-refractivity contribution in [3.8, 4) is 17.2 Å². The molecule has 7 heteroatoms. The third-order valence-corrected chi connectivity index (χ3v) is 5.57. The van der Waals surface area contributed by atoms with Gasteiger partial charge in [-0.05, 0) is 47.9 Å². The molecule has 0 radical (unpaired) electrons. The van der Waals surface area contributed by atoms with Crippen LogP contribution < -0.4 is 14.2 Å². The number of hydrogen-bond donors (Lipinski definition) is 0. The first-order valence-corrected chi connectivity index (χ1v) is 11.7. The van der Waals surface area contributed by atoms with Gasteiger partial charge in [0.2, 0.25) is 0 Å². The van der Waals surface area contributed by atoms with Gasteiger partial charge >= 0.3 is 11.9 Å². The molecule has 0 atom stereocenters. The van der Waals surface area contributed by atoms with Gasteiger partial charge < -0.3 is 23.7 Å². The van der Waals surface area contributed by atoms with Crippen LogP contribution in [0.5, 0.6) is 17.2 Å². The van der Waals surface area contributed by atoms with Gasteiger partial charge in [0.1, 0.15) is 25.6 Å². The van der Waals surface area contributed by atoms with Crippen molar-refractivity contribution >= 4 is 18.0 Å². The molecule has 3 aromatic carbocycles. The Hall–Kier alpha value is -4.26. The molecule has 0 fully saturated rings. The first-order valence-electron chi connectivity index (χ1n) is 11.7. The number of carbonyl (C=O) groups excluding carboxylic acids is 2. The Labute approximate surface area is 210 Å². The standard InChI is InChI=1S/C29H28O7/c1-3-33-28(30)13-10-20-4-6-21(7-5-20)16-24-17-26-27(35-15-14-34-26)18-25(24)36-19-22-8-11-23(12-9-22)29(31)32-2/h4-13,17-18H,3,14-16,19H2,1-2H3/b13-10+. The minimum absolute atomic E-state index is 0.325. The van der Waals surface area contributed by atoms with E-state index in [1.807, 2.05) is 48.5 Å². The van der Waals surface area contributed by atoms with Gasteiger partial charge in [0, 0.05) is 24.1 Å². The van der Waals surface area contributed by atoms with E-state index in [0.717, 1.165) is 22.3 Å². The van der Waals surface area contributed by atoms with E-state index < -0.39 is 0 Å². The van der Waals surface area contributed by atoms with E-state index >= 15 is 0 Å². The highest BCUT2D eigenvalue weighted by molar-refractivity contribution is 5.89. The molecule has 186 valence electrons. The molecule has 7 nitrogen and oxygen atoms in total. The average Bonchev–Trinajstić information content (AvgIpc) is 2.91. The quantitative estimate of drug-likeness (QED) is 0.310. The first-order chi connectivity index (χ1) is 17.6. The minimum atomic E-state index is -0.376. The summed E-state index contributed by atoms with van der Waals surface area (Å²) >= 11 is 0. The molecule has 36 heavy (non-hydrogen) atoms. The van der Waals surface area contributed by atoms with Crippen LogP contribution in [-0.2, 0) is 27.3 Å². The van der Waals surface area contributed by atoms with E-state index in [1.165, 1.54) is 13.2 Å². The van der Waals surface area contributed by atoms with Crippen molar-refractivity contribution in [3.05, 3.63) is 94.6 Å². The number of benzene rings is 3. The average molecular weight is 489 g/mol. The van der Waals surface area contributed by atoms with Gasteiger partial charge in [-0.1, -0.05) is 36.4 Å². The molecule has 1 aliphatic heterocycles. The van der Waals surface area contributed by atoms with Crippen molar-refractivity contribution in [3.63, 3.8) is 0 Å². The zero-order chi connectivity index (χ0) is 25.3. The molecule has 0 spiro atoms. The van der Waals surface area contributed by atoms with Crippen LogP contribution in [0, 0.1) is 0 Å². The van der Waals surface area contributed by atoms with Gasteiger partial charge in [0.25, 0.3) is 0 Å². The predicted molar refractivity (Wildman–Crippen MR) is 134 cm³/mol. The Morgan fingerprint density at radius 2 is 1.58 bits per heavy atom. The Bertz CT molecular complexity index is 1230. The summed E-state index contributed by atoms with van der Waals surface area (Å²) in [5.74, 6) is 1.31. The second kappa shape index (κ2) is 11.9. The number of carbonyl (C=O) groups is 2. The van der Waals surface area contributed by atoms with Crippen LogP contribution in [-0.4, -0.2) is 38.9 Å². The summed E-state index contributed by atoms with van der Waals surface area (Å²) in [6, 6.07) is 18.9. The maximum Gasteiger partial charge on any atom is 0.337 e. The van der Waals surface area contributed by atoms with Crippen LogP contribution in [0.4, 0.5) is 0 Å². The van der Waals surface area contributed by atoms with Crippen LogP contribution >= 0.6 is 0 Å². The highest BCUT2D eigenvalue weighted by Gasteiger charge is 2.17. The molecule has 0 unspecified atom stereocenters. The Morgan fingerprint density at radius 1 is 0.917 bits per heavy atom. The van der Waals surface area contributed by atoms with Gasteiger partial charge in [-0.15, -0.1) is 0 Å². The zero-order valence-electron chi connectivity index (χ0n) is 20.3. The molecule has 1 aliphatic rings. The fraction of sp³-hybridized carbons (Fsp3) is 0.241. The lowest BCUT2D eigenvalue weighted by Gasteiger charge is -2.21. The monoisotopic (exact) mass is 488 g/mol. The second-order valence-corrected chi connectivity index (χ2v) is 8.08. The fourth-order valence-electron chi connectivity index (χ4n) is 3.72. The number of fused-ring (bicyclic) bond motifs is 1. The highest BCUT2D eigenvalue weighted by atomic mass is 16.6. The van der Waals surface area contributed by atoms with Crippen molar-refractivity contribution in [2.24, 2.45) is 0 Å². The summed E-state index contributed by atoms with van der Waals surface area (Å²) in [4.78, 5) is 23.2. The lowest BCUT2D eigenvalue weighted by Crippen LogP contribution is -2.16. The van der Waals surface area contributed by atoms with Crippen molar-refractivity contribution < 1.29 is 33.3 Å². The van der Waals surface area contributed by atoms with Crippen LogP contribution in [0.15, 0.2) is 66.7 Å². The molecule has 1 heterocycles. The topological polar surface area (TPSA) is 80.3 Å².